The number of benzene rings is 2. The summed E-state index contributed by atoms with van der Waals surface area (Å²) in [5.41, 5.74) is 2.51. The molecule has 0 bridgehead atoms. The molecule has 1 amide bonds. The third-order valence-corrected chi connectivity index (χ3v) is 4.94. The van der Waals surface area contributed by atoms with Gasteiger partial charge in [-0.2, -0.15) is 0 Å². The smallest absolute Gasteiger partial charge is 0.220 e. The molecule has 0 aliphatic carbocycles. The zero-order valence-corrected chi connectivity index (χ0v) is 14.0. The molecule has 1 aliphatic heterocycles. The molecule has 1 heterocycles. The summed E-state index contributed by atoms with van der Waals surface area (Å²) in [4.78, 5) is 12.3. The van der Waals surface area contributed by atoms with Gasteiger partial charge in [0.15, 0.2) is 0 Å². The lowest BCUT2D eigenvalue weighted by Gasteiger charge is -2.38. The van der Waals surface area contributed by atoms with Gasteiger partial charge >= 0.3 is 0 Å². The maximum absolute atomic E-state index is 12.3. The normalized spacial score (nSPS) is 16.5. The molecule has 0 unspecified atom stereocenters. The Labute approximate surface area is 144 Å². The van der Waals surface area contributed by atoms with E-state index in [1.807, 2.05) is 24.3 Å². The summed E-state index contributed by atoms with van der Waals surface area (Å²) in [6, 6.07) is 20.7. The molecular weight excluding hydrogens is 298 g/mol. The van der Waals surface area contributed by atoms with Gasteiger partial charge in [-0.3, -0.25) is 4.79 Å². The van der Waals surface area contributed by atoms with E-state index in [0.717, 1.165) is 32.5 Å². The standard InChI is InChI=1S/C21H25NO2/c23-20(12-11-18-7-3-1-4-8-18)22-17-21(13-15-24-16-14-21)19-9-5-2-6-10-19/h1-10H,11-17H2,(H,22,23). The Bertz CT molecular complexity index is 633. The minimum atomic E-state index is 0.00190. The van der Waals surface area contributed by atoms with Crippen LogP contribution in [-0.2, 0) is 21.4 Å². The van der Waals surface area contributed by atoms with Crippen LogP contribution in [0.2, 0.25) is 0 Å². The number of carbonyl (C=O) groups excluding carboxylic acids is 1. The molecule has 2 aromatic carbocycles. The average Bonchev–Trinajstić information content (AvgIpc) is 2.67. The monoisotopic (exact) mass is 323 g/mol. The molecule has 0 spiro atoms. The number of hydrogen-bond acceptors (Lipinski definition) is 2. The molecule has 0 saturated carbocycles. The van der Waals surface area contributed by atoms with Crippen LogP contribution in [0.5, 0.6) is 0 Å². The second kappa shape index (κ2) is 8.11. The van der Waals surface area contributed by atoms with Gasteiger partial charge in [0.25, 0.3) is 0 Å². The summed E-state index contributed by atoms with van der Waals surface area (Å²) in [6.45, 7) is 2.21. The van der Waals surface area contributed by atoms with E-state index in [-0.39, 0.29) is 11.3 Å². The first-order valence-electron chi connectivity index (χ1n) is 8.72. The van der Waals surface area contributed by atoms with E-state index >= 15 is 0 Å². The van der Waals surface area contributed by atoms with Crippen LogP contribution >= 0.6 is 0 Å². The fourth-order valence-corrected chi connectivity index (χ4v) is 3.38. The van der Waals surface area contributed by atoms with Crippen molar-refractivity contribution in [3.05, 3.63) is 71.8 Å². The van der Waals surface area contributed by atoms with Crippen molar-refractivity contribution in [2.45, 2.75) is 31.1 Å². The second-order valence-electron chi connectivity index (χ2n) is 6.52. The van der Waals surface area contributed by atoms with E-state index in [0.29, 0.717) is 13.0 Å². The highest BCUT2D eigenvalue weighted by molar-refractivity contribution is 5.76. The third kappa shape index (κ3) is 4.24. The van der Waals surface area contributed by atoms with Gasteiger partial charge < -0.3 is 10.1 Å². The lowest BCUT2D eigenvalue weighted by Crippen LogP contribution is -2.44. The molecule has 3 rings (SSSR count). The second-order valence-corrected chi connectivity index (χ2v) is 6.52. The van der Waals surface area contributed by atoms with E-state index < -0.39 is 0 Å². The molecule has 1 aliphatic rings. The van der Waals surface area contributed by atoms with Crippen molar-refractivity contribution in [2.24, 2.45) is 0 Å². The van der Waals surface area contributed by atoms with Crippen LogP contribution in [0.25, 0.3) is 0 Å². The van der Waals surface area contributed by atoms with Crippen LogP contribution in [0.3, 0.4) is 0 Å². The number of hydrogen-bond donors (Lipinski definition) is 1. The predicted octanol–water partition coefficient (Wildman–Crippen LogP) is 3.48. The fraction of sp³-hybridized carbons (Fsp3) is 0.381. The van der Waals surface area contributed by atoms with E-state index in [1.54, 1.807) is 0 Å². The highest BCUT2D eigenvalue weighted by Crippen LogP contribution is 2.34. The van der Waals surface area contributed by atoms with Crippen molar-refractivity contribution in [2.75, 3.05) is 19.8 Å². The Balaban J connectivity index is 1.58. The van der Waals surface area contributed by atoms with Crippen LogP contribution in [0.4, 0.5) is 0 Å². The van der Waals surface area contributed by atoms with Gasteiger partial charge in [-0.1, -0.05) is 60.7 Å². The number of rotatable bonds is 6. The Morgan fingerprint density at radius 1 is 0.958 bits per heavy atom. The Kier molecular flexibility index (Phi) is 5.65. The van der Waals surface area contributed by atoms with Gasteiger partial charge in [0, 0.05) is 31.6 Å². The van der Waals surface area contributed by atoms with Gasteiger partial charge in [-0.05, 0) is 30.4 Å². The summed E-state index contributed by atoms with van der Waals surface area (Å²) in [7, 11) is 0. The van der Waals surface area contributed by atoms with E-state index in [2.05, 4.69) is 41.7 Å². The van der Waals surface area contributed by atoms with Crippen molar-refractivity contribution >= 4 is 5.91 Å². The molecule has 24 heavy (non-hydrogen) atoms. The predicted molar refractivity (Wildman–Crippen MR) is 95.9 cm³/mol. The first kappa shape index (κ1) is 16.7. The molecule has 3 heteroatoms. The number of amides is 1. The summed E-state index contributed by atoms with van der Waals surface area (Å²) in [5, 5.41) is 3.17. The van der Waals surface area contributed by atoms with Crippen molar-refractivity contribution < 1.29 is 9.53 Å². The van der Waals surface area contributed by atoms with Crippen LogP contribution < -0.4 is 5.32 Å². The number of nitrogens with one attached hydrogen (secondary N) is 1. The zero-order chi connectivity index (χ0) is 16.7. The molecule has 1 fully saturated rings. The lowest BCUT2D eigenvalue weighted by molar-refractivity contribution is -0.121. The van der Waals surface area contributed by atoms with E-state index in [9.17, 15) is 4.79 Å². The summed E-state index contributed by atoms with van der Waals surface area (Å²) in [5.74, 6) is 0.126. The fourth-order valence-electron chi connectivity index (χ4n) is 3.38. The van der Waals surface area contributed by atoms with E-state index in [1.165, 1.54) is 11.1 Å². The topological polar surface area (TPSA) is 38.3 Å². The first-order chi connectivity index (χ1) is 11.8. The highest BCUT2D eigenvalue weighted by Gasteiger charge is 2.34. The van der Waals surface area contributed by atoms with Crippen LogP contribution in [0.1, 0.15) is 30.4 Å². The number of carbonyl (C=O) groups is 1. The van der Waals surface area contributed by atoms with Gasteiger partial charge in [0.2, 0.25) is 5.91 Å². The molecule has 0 aromatic heterocycles. The van der Waals surface area contributed by atoms with Crippen molar-refractivity contribution in [1.82, 2.24) is 5.32 Å². The largest absolute Gasteiger partial charge is 0.381 e. The molecule has 0 atom stereocenters. The van der Waals surface area contributed by atoms with Gasteiger partial charge in [-0.15, -0.1) is 0 Å². The number of ether oxygens (including phenoxy) is 1. The molecule has 1 N–H and O–H groups in total. The maximum atomic E-state index is 12.3. The Morgan fingerprint density at radius 2 is 1.58 bits per heavy atom. The van der Waals surface area contributed by atoms with Crippen LogP contribution in [-0.4, -0.2) is 25.7 Å². The lowest BCUT2D eigenvalue weighted by atomic mass is 9.74. The average molecular weight is 323 g/mol. The third-order valence-electron chi connectivity index (χ3n) is 4.94. The highest BCUT2D eigenvalue weighted by atomic mass is 16.5. The van der Waals surface area contributed by atoms with Crippen molar-refractivity contribution in [3.8, 4) is 0 Å². The van der Waals surface area contributed by atoms with Gasteiger partial charge in [0.1, 0.15) is 0 Å². The number of aryl methyl sites for hydroxylation is 1. The van der Waals surface area contributed by atoms with Gasteiger partial charge in [-0.25, -0.2) is 0 Å². The molecule has 1 saturated heterocycles. The maximum Gasteiger partial charge on any atom is 0.220 e. The molecule has 126 valence electrons. The summed E-state index contributed by atoms with van der Waals surface area (Å²) >= 11 is 0. The molecule has 2 aromatic rings. The zero-order valence-electron chi connectivity index (χ0n) is 14.0. The van der Waals surface area contributed by atoms with Crippen LogP contribution in [0, 0.1) is 0 Å². The van der Waals surface area contributed by atoms with Crippen LogP contribution in [0.15, 0.2) is 60.7 Å². The van der Waals surface area contributed by atoms with Crippen molar-refractivity contribution in [1.29, 1.82) is 0 Å². The molecule has 3 nitrogen and oxygen atoms in total. The minimum Gasteiger partial charge on any atom is -0.381 e. The summed E-state index contributed by atoms with van der Waals surface area (Å²) < 4.78 is 5.55. The first-order valence-corrected chi connectivity index (χ1v) is 8.72. The van der Waals surface area contributed by atoms with E-state index in [4.69, 9.17) is 4.74 Å². The minimum absolute atomic E-state index is 0.00190. The summed E-state index contributed by atoms with van der Waals surface area (Å²) in [6.07, 6.45) is 3.23. The van der Waals surface area contributed by atoms with Crippen molar-refractivity contribution in [3.63, 3.8) is 0 Å². The SMILES string of the molecule is O=C(CCc1ccccc1)NCC1(c2ccccc2)CCOCC1. The Morgan fingerprint density at radius 3 is 2.25 bits per heavy atom. The van der Waals surface area contributed by atoms with Gasteiger partial charge in [0.05, 0.1) is 0 Å². The Hall–Kier alpha value is -2.13. The molecular formula is C21H25NO2. The quantitative estimate of drug-likeness (QED) is 0.884. The molecule has 0 radical (unpaired) electrons.